The molecule has 1 atom stereocenters. The summed E-state index contributed by atoms with van der Waals surface area (Å²) in [7, 11) is 0. The van der Waals surface area contributed by atoms with Crippen LogP contribution >= 0.6 is 0 Å². The first-order valence-electron chi connectivity index (χ1n) is 5.72. The summed E-state index contributed by atoms with van der Waals surface area (Å²) >= 11 is 0. The summed E-state index contributed by atoms with van der Waals surface area (Å²) in [5, 5.41) is 3.04. The smallest absolute Gasteiger partial charge is 0.410 e. The van der Waals surface area contributed by atoms with E-state index < -0.39 is 5.60 Å². The van der Waals surface area contributed by atoms with Gasteiger partial charge in [-0.25, -0.2) is 4.79 Å². The Morgan fingerprint density at radius 3 is 2.35 bits per heavy atom. The van der Waals surface area contributed by atoms with Gasteiger partial charge in [-0.3, -0.25) is 10.1 Å². The zero-order valence-electron chi connectivity index (χ0n) is 10.8. The number of carbonyl (C=O) groups excluding carboxylic acids is 2. The number of likely N-dealkylation sites (tertiary alicyclic amines) is 1. The standard InChI is InChI=1S/C11H21N3O3/c1-7(9(12)15)13-8-5-14(6-8)10(16)17-11(2,3)4/h7-8,13H,5-6H2,1-4H3,(H2,12,15). The quantitative estimate of drug-likeness (QED) is 0.734. The van der Waals surface area contributed by atoms with Gasteiger partial charge in [0.15, 0.2) is 0 Å². The molecular formula is C11H21N3O3. The molecule has 98 valence electrons. The normalized spacial score (nSPS) is 18.5. The number of carbonyl (C=O) groups is 2. The minimum absolute atomic E-state index is 0.116. The zero-order valence-corrected chi connectivity index (χ0v) is 10.8. The number of rotatable bonds is 3. The van der Waals surface area contributed by atoms with E-state index in [4.69, 9.17) is 10.5 Å². The predicted octanol–water partition coefficient (Wildman–Crippen LogP) is 0.0691. The van der Waals surface area contributed by atoms with Crippen molar-refractivity contribution in [2.24, 2.45) is 5.73 Å². The highest BCUT2D eigenvalue weighted by Crippen LogP contribution is 2.15. The minimum atomic E-state index is -0.476. The van der Waals surface area contributed by atoms with Gasteiger partial charge >= 0.3 is 6.09 Å². The Hall–Kier alpha value is -1.30. The molecule has 0 bridgehead atoms. The Morgan fingerprint density at radius 1 is 1.41 bits per heavy atom. The summed E-state index contributed by atoms with van der Waals surface area (Å²) in [4.78, 5) is 24.0. The van der Waals surface area contributed by atoms with Crippen LogP contribution in [0.1, 0.15) is 27.7 Å². The van der Waals surface area contributed by atoms with Crippen molar-refractivity contribution in [2.75, 3.05) is 13.1 Å². The number of nitrogens with one attached hydrogen (secondary N) is 1. The van der Waals surface area contributed by atoms with Crippen LogP contribution in [0.15, 0.2) is 0 Å². The molecular weight excluding hydrogens is 222 g/mol. The lowest BCUT2D eigenvalue weighted by atomic mass is 10.1. The maximum Gasteiger partial charge on any atom is 0.410 e. The van der Waals surface area contributed by atoms with Crippen molar-refractivity contribution in [1.82, 2.24) is 10.2 Å². The average Bonchev–Trinajstić information content (AvgIpc) is 2.06. The van der Waals surface area contributed by atoms with E-state index in [0.717, 1.165) is 0 Å². The number of hydrogen-bond donors (Lipinski definition) is 2. The number of primary amides is 1. The third kappa shape index (κ3) is 4.22. The van der Waals surface area contributed by atoms with E-state index in [1.54, 1.807) is 11.8 Å². The number of amides is 2. The molecule has 2 amide bonds. The molecule has 1 unspecified atom stereocenters. The third-order valence-corrected chi connectivity index (χ3v) is 2.45. The lowest BCUT2D eigenvalue weighted by molar-refractivity contribution is -0.120. The van der Waals surface area contributed by atoms with E-state index in [1.165, 1.54) is 0 Å². The van der Waals surface area contributed by atoms with Crippen molar-refractivity contribution in [3.05, 3.63) is 0 Å². The molecule has 0 saturated carbocycles. The van der Waals surface area contributed by atoms with Crippen LogP contribution < -0.4 is 11.1 Å². The predicted molar refractivity (Wildman–Crippen MR) is 63.4 cm³/mol. The summed E-state index contributed by atoms with van der Waals surface area (Å²) in [5.41, 5.74) is 4.66. The molecule has 0 aromatic carbocycles. The summed E-state index contributed by atoms with van der Waals surface area (Å²) in [6.45, 7) is 8.29. The Bertz CT molecular complexity index is 306. The Kier molecular flexibility index (Phi) is 3.98. The van der Waals surface area contributed by atoms with Crippen molar-refractivity contribution < 1.29 is 14.3 Å². The summed E-state index contributed by atoms with van der Waals surface area (Å²) in [6.07, 6.45) is -0.317. The van der Waals surface area contributed by atoms with Gasteiger partial charge in [-0.15, -0.1) is 0 Å². The lowest BCUT2D eigenvalue weighted by Crippen LogP contribution is -2.63. The molecule has 1 aliphatic heterocycles. The molecule has 1 fully saturated rings. The molecule has 3 N–H and O–H groups in total. The Morgan fingerprint density at radius 2 is 1.94 bits per heavy atom. The van der Waals surface area contributed by atoms with Crippen LogP contribution in [-0.2, 0) is 9.53 Å². The molecule has 17 heavy (non-hydrogen) atoms. The largest absolute Gasteiger partial charge is 0.444 e. The summed E-state index contributed by atoms with van der Waals surface area (Å²) in [6, 6.07) is -0.259. The van der Waals surface area contributed by atoms with Crippen LogP contribution in [0.5, 0.6) is 0 Å². The maximum atomic E-state index is 11.6. The minimum Gasteiger partial charge on any atom is -0.444 e. The topological polar surface area (TPSA) is 84.7 Å². The monoisotopic (exact) mass is 243 g/mol. The molecule has 6 nitrogen and oxygen atoms in total. The first-order valence-corrected chi connectivity index (χ1v) is 5.72. The molecule has 0 aromatic rings. The zero-order chi connectivity index (χ0) is 13.2. The fourth-order valence-electron chi connectivity index (χ4n) is 1.50. The first-order chi connectivity index (χ1) is 7.69. The van der Waals surface area contributed by atoms with Crippen molar-refractivity contribution in [3.63, 3.8) is 0 Å². The second kappa shape index (κ2) is 4.91. The van der Waals surface area contributed by atoms with Gasteiger partial charge in [-0.2, -0.15) is 0 Å². The van der Waals surface area contributed by atoms with Gasteiger partial charge < -0.3 is 15.4 Å². The van der Waals surface area contributed by atoms with Crippen LogP contribution in [0, 0.1) is 0 Å². The molecule has 6 heteroatoms. The summed E-state index contributed by atoms with van der Waals surface area (Å²) < 4.78 is 5.21. The second-order valence-corrected chi connectivity index (χ2v) is 5.37. The van der Waals surface area contributed by atoms with Crippen molar-refractivity contribution in [2.45, 2.75) is 45.4 Å². The van der Waals surface area contributed by atoms with Gasteiger partial charge in [0.1, 0.15) is 5.60 Å². The van der Waals surface area contributed by atoms with Crippen LogP contribution in [0.25, 0.3) is 0 Å². The first kappa shape index (κ1) is 13.8. The molecule has 0 radical (unpaired) electrons. The SMILES string of the molecule is CC(NC1CN(C(=O)OC(C)(C)C)C1)C(N)=O. The Balaban J connectivity index is 2.27. The van der Waals surface area contributed by atoms with Crippen molar-refractivity contribution >= 4 is 12.0 Å². The molecule has 1 heterocycles. The lowest BCUT2D eigenvalue weighted by Gasteiger charge is -2.40. The van der Waals surface area contributed by atoms with Gasteiger partial charge in [-0.05, 0) is 27.7 Å². The molecule has 1 aliphatic rings. The molecule has 0 spiro atoms. The van der Waals surface area contributed by atoms with E-state index in [1.807, 2.05) is 20.8 Å². The van der Waals surface area contributed by atoms with Crippen molar-refractivity contribution in [3.8, 4) is 0 Å². The number of ether oxygens (including phenoxy) is 1. The van der Waals surface area contributed by atoms with E-state index in [0.29, 0.717) is 13.1 Å². The molecule has 0 aromatic heterocycles. The van der Waals surface area contributed by atoms with Gasteiger partial charge in [0.25, 0.3) is 0 Å². The van der Waals surface area contributed by atoms with Crippen molar-refractivity contribution in [1.29, 1.82) is 0 Å². The highest BCUT2D eigenvalue weighted by Gasteiger charge is 2.34. The van der Waals surface area contributed by atoms with Crippen LogP contribution in [-0.4, -0.2) is 47.7 Å². The average molecular weight is 243 g/mol. The number of nitrogens with two attached hydrogens (primary N) is 1. The van der Waals surface area contributed by atoms with Crippen LogP contribution in [0.2, 0.25) is 0 Å². The molecule has 0 aliphatic carbocycles. The van der Waals surface area contributed by atoms with Gasteiger partial charge in [-0.1, -0.05) is 0 Å². The van der Waals surface area contributed by atoms with E-state index in [-0.39, 0.29) is 24.1 Å². The van der Waals surface area contributed by atoms with E-state index >= 15 is 0 Å². The maximum absolute atomic E-state index is 11.6. The van der Waals surface area contributed by atoms with Gasteiger partial charge in [0.2, 0.25) is 5.91 Å². The molecule has 1 saturated heterocycles. The fourth-order valence-corrected chi connectivity index (χ4v) is 1.50. The van der Waals surface area contributed by atoms with E-state index in [2.05, 4.69) is 5.32 Å². The summed E-state index contributed by atoms with van der Waals surface area (Å²) in [5.74, 6) is -0.388. The molecule has 1 rings (SSSR count). The van der Waals surface area contributed by atoms with Gasteiger partial charge in [0.05, 0.1) is 6.04 Å². The van der Waals surface area contributed by atoms with Gasteiger partial charge in [0, 0.05) is 19.1 Å². The van der Waals surface area contributed by atoms with E-state index in [9.17, 15) is 9.59 Å². The van der Waals surface area contributed by atoms with Crippen LogP contribution in [0.4, 0.5) is 4.79 Å². The number of nitrogens with zero attached hydrogens (tertiary/aromatic N) is 1. The van der Waals surface area contributed by atoms with Crippen LogP contribution in [0.3, 0.4) is 0 Å². The third-order valence-electron chi connectivity index (χ3n) is 2.45. The number of hydrogen-bond acceptors (Lipinski definition) is 4. The highest BCUT2D eigenvalue weighted by atomic mass is 16.6. The second-order valence-electron chi connectivity index (χ2n) is 5.37. The fraction of sp³-hybridized carbons (Fsp3) is 0.818. The Labute approximate surface area is 101 Å². The highest BCUT2D eigenvalue weighted by molar-refractivity contribution is 5.79.